The van der Waals surface area contributed by atoms with Gasteiger partial charge in [-0.05, 0) is 13.8 Å². The van der Waals surface area contributed by atoms with Crippen molar-refractivity contribution in [3.63, 3.8) is 0 Å². The average molecular weight is 176 g/mol. The second kappa shape index (κ2) is 4.51. The fourth-order valence-electron chi connectivity index (χ4n) is 0.302. The summed E-state index contributed by atoms with van der Waals surface area (Å²) in [5.41, 5.74) is -1.56. The molecule has 0 aromatic rings. The van der Waals surface area contributed by atoms with E-state index in [4.69, 9.17) is 15.3 Å². The summed E-state index contributed by atoms with van der Waals surface area (Å²) in [6, 6.07) is 0. The van der Waals surface area contributed by atoms with Crippen LogP contribution in [0, 0.1) is 0 Å². The molecular formula is C5H12CaO4. The third-order valence-corrected chi connectivity index (χ3v) is 0.903. The van der Waals surface area contributed by atoms with Crippen molar-refractivity contribution in [2.75, 3.05) is 0 Å². The number of hydrogen-bond acceptors (Lipinski definition) is 3. The molecule has 0 saturated heterocycles. The molecule has 0 amide bonds. The molecule has 3 N–H and O–H groups in total. The van der Waals surface area contributed by atoms with Crippen LogP contribution in [-0.4, -0.2) is 70.7 Å². The summed E-state index contributed by atoms with van der Waals surface area (Å²) in [5.74, 6) is -1.41. The molecule has 0 radical (unpaired) electrons. The molecule has 5 heteroatoms. The monoisotopic (exact) mass is 176 g/mol. The van der Waals surface area contributed by atoms with Crippen molar-refractivity contribution in [2.24, 2.45) is 0 Å². The molecule has 0 rings (SSSR count). The Morgan fingerprint density at radius 1 is 1.60 bits per heavy atom. The Bertz CT molecular complexity index is 125. The van der Waals surface area contributed by atoms with Crippen molar-refractivity contribution < 1.29 is 23.0 Å². The van der Waals surface area contributed by atoms with Gasteiger partial charge in [0.2, 0.25) is 0 Å². The van der Waals surface area contributed by atoms with Crippen LogP contribution in [0.4, 0.5) is 0 Å². The predicted molar refractivity (Wildman–Crippen MR) is 37.9 cm³/mol. The van der Waals surface area contributed by atoms with Gasteiger partial charge in [-0.15, -0.1) is 0 Å². The second-order valence-electron chi connectivity index (χ2n) is 2.39. The Morgan fingerprint density at radius 2 is 1.90 bits per heavy atom. The van der Waals surface area contributed by atoms with Gasteiger partial charge >= 0.3 is 43.7 Å². The number of hydrogen-bond donors (Lipinski definition) is 3. The van der Waals surface area contributed by atoms with Gasteiger partial charge in [0.15, 0.2) is 6.10 Å². The molecule has 4 nitrogen and oxygen atoms in total. The van der Waals surface area contributed by atoms with Crippen molar-refractivity contribution in [3.05, 3.63) is 0 Å². The molecule has 0 aromatic heterocycles. The summed E-state index contributed by atoms with van der Waals surface area (Å²) in [6.07, 6.45) is -1.71. The van der Waals surface area contributed by atoms with Gasteiger partial charge in [0.05, 0.1) is 5.60 Å². The van der Waals surface area contributed by atoms with E-state index in [1.807, 2.05) is 0 Å². The molecule has 0 saturated carbocycles. The molecule has 0 aliphatic rings. The minimum Gasteiger partial charge on any atom is -1.00 e. The number of aliphatic hydroxyl groups is 2. The van der Waals surface area contributed by atoms with Gasteiger partial charge < -0.3 is 18.2 Å². The summed E-state index contributed by atoms with van der Waals surface area (Å²) >= 11 is 0. The van der Waals surface area contributed by atoms with Crippen molar-refractivity contribution >= 4 is 43.7 Å². The fourth-order valence-corrected chi connectivity index (χ4v) is 0.302. The summed E-state index contributed by atoms with van der Waals surface area (Å²) in [6.45, 7) is 2.46. The fraction of sp³-hybridized carbons (Fsp3) is 0.800. The second-order valence-corrected chi connectivity index (χ2v) is 2.39. The average Bonchev–Trinajstić information content (AvgIpc) is 1.62. The van der Waals surface area contributed by atoms with Crippen LogP contribution in [0.5, 0.6) is 0 Å². The first-order valence-electron chi connectivity index (χ1n) is 2.49. The van der Waals surface area contributed by atoms with Crippen molar-refractivity contribution in [1.29, 1.82) is 0 Å². The smallest absolute Gasteiger partial charge is 1.00 e. The first-order chi connectivity index (χ1) is 3.85. The SMILES string of the molecule is CC(C)(O)C(O)C(=O)O.[Ca+2].[H-].[H-]. The van der Waals surface area contributed by atoms with Crippen LogP contribution in [0.25, 0.3) is 0 Å². The summed E-state index contributed by atoms with van der Waals surface area (Å²) in [7, 11) is 0. The zero-order valence-electron chi connectivity index (χ0n) is 8.03. The minimum atomic E-state index is -1.71. The van der Waals surface area contributed by atoms with Crippen molar-refractivity contribution in [3.8, 4) is 0 Å². The van der Waals surface area contributed by atoms with E-state index in [1.165, 1.54) is 13.8 Å². The van der Waals surface area contributed by atoms with E-state index in [1.54, 1.807) is 0 Å². The third-order valence-electron chi connectivity index (χ3n) is 0.903. The third kappa shape index (κ3) is 4.46. The van der Waals surface area contributed by atoms with Gasteiger partial charge in [-0.1, -0.05) is 0 Å². The number of carbonyl (C=O) groups is 1. The molecular weight excluding hydrogens is 164 g/mol. The summed E-state index contributed by atoms with van der Waals surface area (Å²) < 4.78 is 0. The molecule has 0 heterocycles. The van der Waals surface area contributed by atoms with E-state index in [0.29, 0.717) is 0 Å². The van der Waals surface area contributed by atoms with Gasteiger partial charge in [0.1, 0.15) is 0 Å². The molecule has 0 aromatic carbocycles. The van der Waals surface area contributed by atoms with E-state index in [-0.39, 0.29) is 40.6 Å². The number of carboxylic acids is 1. The molecule has 1 atom stereocenters. The maximum absolute atomic E-state index is 9.94. The molecule has 58 valence electrons. The minimum absolute atomic E-state index is 0. The predicted octanol–water partition coefficient (Wildman–Crippen LogP) is -0.953. The largest absolute Gasteiger partial charge is 2.00 e. The molecule has 0 fully saturated rings. The molecule has 0 aliphatic heterocycles. The maximum Gasteiger partial charge on any atom is 2.00 e. The van der Waals surface area contributed by atoms with Crippen LogP contribution >= 0.6 is 0 Å². The normalized spacial score (nSPS) is 13.6. The van der Waals surface area contributed by atoms with Crippen LogP contribution in [0.1, 0.15) is 16.7 Å². The zero-order valence-corrected chi connectivity index (χ0v) is 8.24. The van der Waals surface area contributed by atoms with Crippen LogP contribution in [-0.2, 0) is 4.79 Å². The topological polar surface area (TPSA) is 77.8 Å². The molecule has 0 bridgehead atoms. The van der Waals surface area contributed by atoms with Gasteiger partial charge in [-0.25, -0.2) is 4.79 Å². The van der Waals surface area contributed by atoms with E-state index >= 15 is 0 Å². The Labute approximate surface area is 91.8 Å². The Kier molecular flexibility index (Phi) is 5.98. The maximum atomic E-state index is 9.94. The van der Waals surface area contributed by atoms with Crippen LogP contribution in [0.15, 0.2) is 0 Å². The Morgan fingerprint density at radius 3 is 1.90 bits per heavy atom. The number of carboxylic acid groups (broad SMARTS) is 1. The number of rotatable bonds is 2. The Balaban J connectivity index is -0.000000107. The quantitative estimate of drug-likeness (QED) is 0.474. The molecule has 10 heavy (non-hydrogen) atoms. The molecule has 0 aliphatic carbocycles. The van der Waals surface area contributed by atoms with Crippen LogP contribution in [0.3, 0.4) is 0 Å². The van der Waals surface area contributed by atoms with E-state index < -0.39 is 17.7 Å². The molecule has 0 spiro atoms. The first kappa shape index (κ1) is 13.3. The van der Waals surface area contributed by atoms with Gasteiger partial charge in [0.25, 0.3) is 0 Å². The van der Waals surface area contributed by atoms with Crippen molar-refractivity contribution in [1.82, 2.24) is 0 Å². The van der Waals surface area contributed by atoms with E-state index in [2.05, 4.69) is 0 Å². The first-order valence-corrected chi connectivity index (χ1v) is 2.49. The number of aliphatic hydroxyl groups excluding tert-OH is 1. The Hall–Kier alpha value is 0.650. The zero-order chi connectivity index (χ0) is 7.65. The van der Waals surface area contributed by atoms with Crippen LogP contribution < -0.4 is 0 Å². The van der Waals surface area contributed by atoms with Gasteiger partial charge in [-0.3, -0.25) is 0 Å². The standard InChI is InChI=1S/C5H10O4.Ca.2H/c1-5(2,9)3(6)4(7)8;;;/h3,6,9H,1-2H3,(H,7,8);;;/q;+2;2*-1. The molecule has 1 unspecified atom stereocenters. The number of aliphatic carboxylic acids is 1. The summed E-state index contributed by atoms with van der Waals surface area (Å²) in [5, 5.41) is 25.5. The van der Waals surface area contributed by atoms with Gasteiger partial charge in [-0.2, -0.15) is 0 Å². The summed E-state index contributed by atoms with van der Waals surface area (Å²) in [4.78, 5) is 9.94. The van der Waals surface area contributed by atoms with Gasteiger partial charge in [0, 0.05) is 0 Å². The van der Waals surface area contributed by atoms with E-state index in [9.17, 15) is 4.79 Å². The van der Waals surface area contributed by atoms with E-state index in [0.717, 1.165) is 0 Å². The van der Waals surface area contributed by atoms with Crippen molar-refractivity contribution in [2.45, 2.75) is 25.6 Å². The van der Waals surface area contributed by atoms with Crippen LogP contribution in [0.2, 0.25) is 0 Å².